The first-order chi connectivity index (χ1) is 8.56. The van der Waals surface area contributed by atoms with E-state index in [0.29, 0.717) is 0 Å². The molecule has 0 fully saturated rings. The molecule has 96 valence electrons. The summed E-state index contributed by atoms with van der Waals surface area (Å²) in [6, 6.07) is 13.4. The van der Waals surface area contributed by atoms with Gasteiger partial charge in [-0.2, -0.15) is 0 Å². The Morgan fingerprint density at radius 1 is 0.833 bits per heavy atom. The van der Waals surface area contributed by atoms with E-state index in [1.165, 1.54) is 21.9 Å². The van der Waals surface area contributed by atoms with Crippen molar-refractivity contribution in [3.63, 3.8) is 0 Å². The monoisotopic (exact) mass is 242 g/mol. The fraction of sp³-hybridized carbons (Fsp3) is 0.375. The van der Waals surface area contributed by atoms with Gasteiger partial charge in [-0.05, 0) is 56.2 Å². The summed E-state index contributed by atoms with van der Waals surface area (Å²) in [5.74, 6) is 0. The molecule has 0 atom stereocenters. The molecule has 0 saturated heterocycles. The van der Waals surface area contributed by atoms with Crippen molar-refractivity contribution in [2.24, 2.45) is 0 Å². The van der Waals surface area contributed by atoms with Crippen LogP contribution < -0.4 is 0 Å². The summed E-state index contributed by atoms with van der Waals surface area (Å²) < 4.78 is 0. The summed E-state index contributed by atoms with van der Waals surface area (Å²) in [6.45, 7) is 1.98. The SMILES string of the molecule is CN(C)Cc1ccc2c(CN(C)C)cccc2c1. The summed E-state index contributed by atoms with van der Waals surface area (Å²) in [5, 5.41) is 2.71. The molecule has 0 heterocycles. The Bertz CT molecular complexity index is 530. The maximum atomic E-state index is 2.30. The minimum atomic E-state index is 0.990. The molecule has 2 nitrogen and oxygen atoms in total. The van der Waals surface area contributed by atoms with E-state index in [2.05, 4.69) is 74.4 Å². The fourth-order valence-electron chi connectivity index (χ4n) is 2.34. The van der Waals surface area contributed by atoms with Crippen molar-refractivity contribution in [3.05, 3.63) is 47.5 Å². The van der Waals surface area contributed by atoms with Gasteiger partial charge < -0.3 is 9.80 Å². The van der Waals surface area contributed by atoms with Gasteiger partial charge in [0, 0.05) is 13.1 Å². The van der Waals surface area contributed by atoms with E-state index in [1.54, 1.807) is 0 Å². The van der Waals surface area contributed by atoms with Crippen molar-refractivity contribution >= 4 is 10.8 Å². The van der Waals surface area contributed by atoms with Crippen LogP contribution in [-0.2, 0) is 13.1 Å². The highest BCUT2D eigenvalue weighted by Crippen LogP contribution is 2.21. The molecule has 0 radical (unpaired) electrons. The lowest BCUT2D eigenvalue weighted by atomic mass is 10.0. The van der Waals surface area contributed by atoms with E-state index in [1.807, 2.05) is 0 Å². The Labute approximate surface area is 110 Å². The van der Waals surface area contributed by atoms with Gasteiger partial charge in [0.2, 0.25) is 0 Å². The second-order valence-corrected chi connectivity index (χ2v) is 5.45. The van der Waals surface area contributed by atoms with E-state index in [-0.39, 0.29) is 0 Å². The Morgan fingerprint density at radius 2 is 1.56 bits per heavy atom. The molecule has 0 spiro atoms. The molecule has 0 aliphatic carbocycles. The van der Waals surface area contributed by atoms with Gasteiger partial charge in [0.25, 0.3) is 0 Å². The Hall–Kier alpha value is -1.38. The highest BCUT2D eigenvalue weighted by molar-refractivity contribution is 5.86. The lowest BCUT2D eigenvalue weighted by molar-refractivity contribution is 0.402. The minimum absolute atomic E-state index is 0.990. The van der Waals surface area contributed by atoms with E-state index >= 15 is 0 Å². The molecule has 2 rings (SSSR count). The molecule has 0 aromatic heterocycles. The van der Waals surface area contributed by atoms with Crippen LogP contribution in [0.3, 0.4) is 0 Å². The molecule has 0 bridgehead atoms. The largest absolute Gasteiger partial charge is 0.305 e. The van der Waals surface area contributed by atoms with Gasteiger partial charge in [-0.3, -0.25) is 0 Å². The first-order valence-electron chi connectivity index (χ1n) is 6.36. The highest BCUT2D eigenvalue weighted by Gasteiger charge is 2.03. The molecule has 2 aromatic rings. The van der Waals surface area contributed by atoms with Crippen LogP contribution in [0.1, 0.15) is 11.1 Å². The lowest BCUT2D eigenvalue weighted by Crippen LogP contribution is -2.11. The van der Waals surface area contributed by atoms with E-state index in [4.69, 9.17) is 0 Å². The van der Waals surface area contributed by atoms with Gasteiger partial charge in [-0.1, -0.05) is 30.3 Å². The molecular formula is C16H22N2. The zero-order valence-corrected chi connectivity index (χ0v) is 11.8. The predicted molar refractivity (Wildman–Crippen MR) is 78.7 cm³/mol. The summed E-state index contributed by atoms with van der Waals surface area (Å²) in [7, 11) is 8.43. The first-order valence-corrected chi connectivity index (χ1v) is 6.36. The molecule has 0 aliphatic heterocycles. The molecular weight excluding hydrogens is 220 g/mol. The molecule has 0 N–H and O–H groups in total. The number of hydrogen-bond acceptors (Lipinski definition) is 2. The average molecular weight is 242 g/mol. The van der Waals surface area contributed by atoms with Crippen LogP contribution in [-0.4, -0.2) is 38.0 Å². The van der Waals surface area contributed by atoms with Crippen LogP contribution in [0, 0.1) is 0 Å². The van der Waals surface area contributed by atoms with Crippen molar-refractivity contribution < 1.29 is 0 Å². The second-order valence-electron chi connectivity index (χ2n) is 5.45. The zero-order chi connectivity index (χ0) is 13.1. The maximum absolute atomic E-state index is 2.30. The quantitative estimate of drug-likeness (QED) is 0.813. The normalized spacial score (nSPS) is 11.7. The predicted octanol–water partition coefficient (Wildman–Crippen LogP) is 2.96. The first kappa shape index (κ1) is 13.1. The van der Waals surface area contributed by atoms with Crippen LogP contribution in [0.15, 0.2) is 36.4 Å². The Balaban J connectivity index is 2.40. The topological polar surface area (TPSA) is 6.48 Å². The van der Waals surface area contributed by atoms with Gasteiger partial charge in [0.1, 0.15) is 0 Å². The highest BCUT2D eigenvalue weighted by atomic mass is 15.1. The van der Waals surface area contributed by atoms with Gasteiger partial charge >= 0.3 is 0 Å². The molecule has 0 unspecified atom stereocenters. The van der Waals surface area contributed by atoms with Crippen LogP contribution in [0.4, 0.5) is 0 Å². The van der Waals surface area contributed by atoms with E-state index in [9.17, 15) is 0 Å². The minimum Gasteiger partial charge on any atom is -0.305 e. The summed E-state index contributed by atoms with van der Waals surface area (Å²) in [4.78, 5) is 4.41. The van der Waals surface area contributed by atoms with Gasteiger partial charge in [-0.25, -0.2) is 0 Å². The van der Waals surface area contributed by atoms with Crippen LogP contribution in [0.5, 0.6) is 0 Å². The number of nitrogens with zero attached hydrogens (tertiary/aromatic N) is 2. The summed E-state index contributed by atoms with van der Waals surface area (Å²) in [5.41, 5.74) is 2.77. The van der Waals surface area contributed by atoms with E-state index in [0.717, 1.165) is 13.1 Å². The van der Waals surface area contributed by atoms with Crippen LogP contribution in [0.2, 0.25) is 0 Å². The van der Waals surface area contributed by atoms with Crippen molar-refractivity contribution in [2.45, 2.75) is 13.1 Å². The summed E-state index contributed by atoms with van der Waals surface area (Å²) >= 11 is 0. The zero-order valence-electron chi connectivity index (χ0n) is 11.8. The number of fused-ring (bicyclic) bond motifs is 1. The molecule has 18 heavy (non-hydrogen) atoms. The van der Waals surface area contributed by atoms with Crippen LogP contribution >= 0.6 is 0 Å². The van der Waals surface area contributed by atoms with Gasteiger partial charge in [0.15, 0.2) is 0 Å². The summed E-state index contributed by atoms with van der Waals surface area (Å²) in [6.07, 6.45) is 0. The molecule has 2 aromatic carbocycles. The smallest absolute Gasteiger partial charge is 0.0233 e. The third-order valence-electron chi connectivity index (χ3n) is 3.02. The van der Waals surface area contributed by atoms with Crippen molar-refractivity contribution in [3.8, 4) is 0 Å². The van der Waals surface area contributed by atoms with Crippen LogP contribution in [0.25, 0.3) is 10.8 Å². The second kappa shape index (κ2) is 5.51. The number of rotatable bonds is 4. The molecule has 0 amide bonds. The van der Waals surface area contributed by atoms with Crippen molar-refractivity contribution in [1.82, 2.24) is 9.80 Å². The third kappa shape index (κ3) is 3.09. The number of hydrogen-bond donors (Lipinski definition) is 0. The van der Waals surface area contributed by atoms with Gasteiger partial charge in [-0.15, -0.1) is 0 Å². The Kier molecular flexibility index (Phi) is 4.00. The fourth-order valence-corrected chi connectivity index (χ4v) is 2.34. The Morgan fingerprint density at radius 3 is 2.22 bits per heavy atom. The van der Waals surface area contributed by atoms with Crippen molar-refractivity contribution in [2.75, 3.05) is 28.2 Å². The molecule has 2 heteroatoms. The molecule has 0 saturated carbocycles. The molecule has 0 aliphatic rings. The third-order valence-corrected chi connectivity index (χ3v) is 3.02. The number of benzene rings is 2. The van der Waals surface area contributed by atoms with Gasteiger partial charge in [0.05, 0.1) is 0 Å². The maximum Gasteiger partial charge on any atom is 0.0233 e. The standard InChI is InChI=1S/C16H22N2/c1-17(2)11-13-8-9-16-14(10-13)6-5-7-15(16)12-18(3)4/h5-10H,11-12H2,1-4H3. The lowest BCUT2D eigenvalue weighted by Gasteiger charge is -2.14. The average Bonchev–Trinajstić information content (AvgIpc) is 2.27. The van der Waals surface area contributed by atoms with E-state index < -0.39 is 0 Å². The van der Waals surface area contributed by atoms with Crippen molar-refractivity contribution in [1.29, 1.82) is 0 Å².